The SMILES string of the molecule is CC(C)NC(=O)COC(=O)CSCC(=O)Nc1ccccc1F. The number of hydrogen-bond donors (Lipinski definition) is 2. The van der Waals surface area contributed by atoms with Gasteiger partial charge in [-0.1, -0.05) is 12.1 Å². The Kier molecular flexibility index (Phi) is 8.10. The molecule has 0 spiro atoms. The number of anilines is 1. The molecule has 0 aliphatic carbocycles. The van der Waals surface area contributed by atoms with Gasteiger partial charge in [-0.3, -0.25) is 14.4 Å². The van der Waals surface area contributed by atoms with Crippen molar-refractivity contribution in [1.82, 2.24) is 5.32 Å². The van der Waals surface area contributed by atoms with Crippen molar-refractivity contribution in [2.24, 2.45) is 0 Å². The molecule has 23 heavy (non-hydrogen) atoms. The van der Waals surface area contributed by atoms with Gasteiger partial charge in [-0.15, -0.1) is 11.8 Å². The van der Waals surface area contributed by atoms with Crippen LogP contribution in [0.4, 0.5) is 10.1 Å². The maximum absolute atomic E-state index is 13.3. The zero-order valence-electron chi connectivity index (χ0n) is 12.9. The molecule has 0 bridgehead atoms. The number of para-hydroxylation sites is 1. The molecule has 0 radical (unpaired) electrons. The molecule has 2 N–H and O–H groups in total. The molecule has 0 saturated carbocycles. The summed E-state index contributed by atoms with van der Waals surface area (Å²) in [5, 5.41) is 4.99. The molecule has 0 aliphatic rings. The highest BCUT2D eigenvalue weighted by Crippen LogP contribution is 2.13. The number of benzene rings is 1. The second-order valence-electron chi connectivity index (χ2n) is 4.90. The molecule has 126 valence electrons. The Morgan fingerprint density at radius 1 is 1.17 bits per heavy atom. The molecule has 0 saturated heterocycles. The molecule has 1 aromatic rings. The van der Waals surface area contributed by atoms with E-state index in [0.29, 0.717) is 0 Å². The Morgan fingerprint density at radius 3 is 2.52 bits per heavy atom. The minimum atomic E-state index is -0.590. The molecule has 0 heterocycles. The number of ether oxygens (including phenoxy) is 1. The van der Waals surface area contributed by atoms with Crippen molar-refractivity contribution in [3.63, 3.8) is 0 Å². The molecular weight excluding hydrogens is 323 g/mol. The number of carbonyl (C=O) groups excluding carboxylic acids is 3. The molecule has 6 nitrogen and oxygen atoms in total. The van der Waals surface area contributed by atoms with Crippen LogP contribution in [0.2, 0.25) is 0 Å². The Hall–Kier alpha value is -2.09. The predicted octanol–water partition coefficient (Wildman–Crippen LogP) is 1.57. The number of rotatable bonds is 8. The topological polar surface area (TPSA) is 84.5 Å². The van der Waals surface area contributed by atoms with Crippen LogP contribution in [0.15, 0.2) is 24.3 Å². The second kappa shape index (κ2) is 9.83. The van der Waals surface area contributed by atoms with E-state index in [1.54, 1.807) is 19.9 Å². The normalized spacial score (nSPS) is 10.3. The van der Waals surface area contributed by atoms with E-state index in [9.17, 15) is 18.8 Å². The molecule has 0 aromatic heterocycles. The van der Waals surface area contributed by atoms with Crippen LogP contribution in [-0.4, -0.2) is 41.9 Å². The van der Waals surface area contributed by atoms with Gasteiger partial charge >= 0.3 is 5.97 Å². The number of amides is 2. The quantitative estimate of drug-likeness (QED) is 0.701. The Labute approximate surface area is 138 Å². The van der Waals surface area contributed by atoms with Crippen LogP contribution in [0.3, 0.4) is 0 Å². The van der Waals surface area contributed by atoms with Crippen molar-refractivity contribution in [3.05, 3.63) is 30.1 Å². The van der Waals surface area contributed by atoms with Gasteiger partial charge in [0.1, 0.15) is 5.82 Å². The van der Waals surface area contributed by atoms with Gasteiger partial charge in [0.2, 0.25) is 5.91 Å². The number of carbonyl (C=O) groups is 3. The van der Waals surface area contributed by atoms with Crippen LogP contribution in [-0.2, 0) is 19.1 Å². The van der Waals surface area contributed by atoms with E-state index in [0.717, 1.165) is 11.8 Å². The van der Waals surface area contributed by atoms with Crippen LogP contribution < -0.4 is 10.6 Å². The fourth-order valence-corrected chi connectivity index (χ4v) is 2.14. The highest BCUT2D eigenvalue weighted by atomic mass is 32.2. The average Bonchev–Trinajstić information content (AvgIpc) is 2.47. The van der Waals surface area contributed by atoms with Crippen molar-refractivity contribution in [2.45, 2.75) is 19.9 Å². The lowest BCUT2D eigenvalue weighted by Gasteiger charge is -2.09. The maximum atomic E-state index is 13.3. The zero-order chi connectivity index (χ0) is 17.2. The van der Waals surface area contributed by atoms with Crippen LogP contribution >= 0.6 is 11.8 Å². The number of nitrogens with one attached hydrogen (secondary N) is 2. The van der Waals surface area contributed by atoms with Crippen LogP contribution in [0.1, 0.15) is 13.8 Å². The molecule has 1 rings (SSSR count). The van der Waals surface area contributed by atoms with Gasteiger partial charge in [0.05, 0.1) is 17.2 Å². The lowest BCUT2D eigenvalue weighted by atomic mass is 10.3. The lowest BCUT2D eigenvalue weighted by Crippen LogP contribution is -2.34. The maximum Gasteiger partial charge on any atom is 0.316 e. The second-order valence-corrected chi connectivity index (χ2v) is 5.89. The minimum absolute atomic E-state index is 0.0262. The van der Waals surface area contributed by atoms with Gasteiger partial charge in [-0.05, 0) is 26.0 Å². The minimum Gasteiger partial charge on any atom is -0.455 e. The third-order valence-electron chi connectivity index (χ3n) is 2.41. The third-order valence-corrected chi connectivity index (χ3v) is 3.32. The Morgan fingerprint density at radius 2 is 1.87 bits per heavy atom. The Balaban J connectivity index is 2.21. The van der Waals surface area contributed by atoms with E-state index < -0.39 is 17.7 Å². The average molecular weight is 342 g/mol. The van der Waals surface area contributed by atoms with Crippen LogP contribution in [0, 0.1) is 5.82 Å². The summed E-state index contributed by atoms with van der Waals surface area (Å²) in [6.07, 6.45) is 0. The van der Waals surface area contributed by atoms with Gasteiger partial charge in [-0.2, -0.15) is 0 Å². The predicted molar refractivity (Wildman–Crippen MR) is 86.6 cm³/mol. The fourth-order valence-electron chi connectivity index (χ4n) is 1.53. The van der Waals surface area contributed by atoms with Gasteiger partial charge in [0, 0.05) is 6.04 Å². The van der Waals surface area contributed by atoms with Crippen LogP contribution in [0.5, 0.6) is 0 Å². The summed E-state index contributed by atoms with van der Waals surface area (Å²) < 4.78 is 18.1. The first-order valence-electron chi connectivity index (χ1n) is 6.95. The molecule has 0 atom stereocenters. The highest BCUT2D eigenvalue weighted by Gasteiger charge is 2.11. The van der Waals surface area contributed by atoms with Crippen molar-refractivity contribution < 1.29 is 23.5 Å². The summed E-state index contributed by atoms with van der Waals surface area (Å²) in [7, 11) is 0. The van der Waals surface area contributed by atoms with E-state index >= 15 is 0 Å². The summed E-state index contributed by atoms with van der Waals surface area (Å²) >= 11 is 1.02. The molecule has 0 fully saturated rings. The Bertz CT molecular complexity index is 566. The molecule has 0 unspecified atom stereocenters. The molecule has 0 aliphatic heterocycles. The number of hydrogen-bond acceptors (Lipinski definition) is 5. The van der Waals surface area contributed by atoms with E-state index in [1.807, 2.05) is 0 Å². The smallest absolute Gasteiger partial charge is 0.316 e. The van der Waals surface area contributed by atoms with E-state index in [-0.39, 0.29) is 35.7 Å². The first-order valence-corrected chi connectivity index (χ1v) is 8.11. The third kappa shape index (κ3) is 8.20. The monoisotopic (exact) mass is 342 g/mol. The van der Waals surface area contributed by atoms with Gasteiger partial charge in [-0.25, -0.2) is 4.39 Å². The number of halogens is 1. The van der Waals surface area contributed by atoms with Crippen LogP contribution in [0.25, 0.3) is 0 Å². The summed E-state index contributed by atoms with van der Waals surface area (Å²) in [6.45, 7) is 3.24. The van der Waals surface area contributed by atoms with Gasteiger partial charge < -0.3 is 15.4 Å². The van der Waals surface area contributed by atoms with Gasteiger partial charge in [0.25, 0.3) is 5.91 Å². The molecule has 8 heteroatoms. The molecule has 2 amide bonds. The summed E-state index contributed by atoms with van der Waals surface area (Å²) in [5.41, 5.74) is 0.0889. The standard InChI is InChI=1S/C15H19FN2O4S/c1-10(2)17-13(19)7-22-15(21)9-23-8-14(20)18-12-6-4-3-5-11(12)16/h3-6,10H,7-9H2,1-2H3,(H,17,19)(H,18,20). The van der Waals surface area contributed by atoms with Crippen molar-refractivity contribution in [1.29, 1.82) is 0 Å². The number of esters is 1. The summed E-state index contributed by atoms with van der Waals surface area (Å²) in [5.74, 6) is -2.02. The largest absolute Gasteiger partial charge is 0.455 e. The first-order chi connectivity index (χ1) is 10.9. The van der Waals surface area contributed by atoms with Crippen molar-refractivity contribution in [3.8, 4) is 0 Å². The summed E-state index contributed by atoms with van der Waals surface area (Å²) in [4.78, 5) is 34.3. The van der Waals surface area contributed by atoms with E-state index in [2.05, 4.69) is 10.6 Å². The van der Waals surface area contributed by atoms with Crippen molar-refractivity contribution >= 4 is 35.2 Å². The molecular formula is C15H19FN2O4S. The number of thioether (sulfide) groups is 1. The van der Waals surface area contributed by atoms with E-state index in [1.165, 1.54) is 18.2 Å². The fraction of sp³-hybridized carbons (Fsp3) is 0.400. The summed E-state index contributed by atoms with van der Waals surface area (Å²) in [6, 6.07) is 5.77. The lowest BCUT2D eigenvalue weighted by molar-refractivity contribution is -0.146. The highest BCUT2D eigenvalue weighted by molar-refractivity contribution is 8.00. The molecule has 1 aromatic carbocycles. The first kappa shape index (κ1) is 19.0. The van der Waals surface area contributed by atoms with E-state index in [4.69, 9.17) is 4.74 Å². The van der Waals surface area contributed by atoms with Gasteiger partial charge in [0.15, 0.2) is 6.61 Å². The van der Waals surface area contributed by atoms with Crippen molar-refractivity contribution in [2.75, 3.05) is 23.4 Å². The zero-order valence-corrected chi connectivity index (χ0v) is 13.7.